The van der Waals surface area contributed by atoms with Gasteiger partial charge in [0.15, 0.2) is 23.1 Å². The predicted molar refractivity (Wildman–Crippen MR) is 162 cm³/mol. The molecule has 4 aromatic rings. The van der Waals surface area contributed by atoms with E-state index in [1.165, 1.54) is 20.3 Å². The summed E-state index contributed by atoms with van der Waals surface area (Å²) in [5, 5.41) is 4.15. The minimum absolute atomic E-state index is 0.0322. The number of ether oxygens (including phenoxy) is 3. The third kappa shape index (κ3) is 6.63. The Bertz CT molecular complexity index is 1520. The van der Waals surface area contributed by atoms with Gasteiger partial charge in [0.1, 0.15) is 12.4 Å². The number of nitrogens with one attached hydrogen (secondary N) is 1. The van der Waals surface area contributed by atoms with Crippen molar-refractivity contribution in [1.82, 2.24) is 24.8 Å². The minimum Gasteiger partial charge on any atom is -0.494 e. The van der Waals surface area contributed by atoms with Gasteiger partial charge >= 0.3 is 0 Å². The van der Waals surface area contributed by atoms with E-state index >= 15 is 8.78 Å². The number of nitrogens with zero attached hydrogens (tertiary/aromatic N) is 4. The summed E-state index contributed by atoms with van der Waals surface area (Å²) in [6, 6.07) is 4.22. The van der Waals surface area contributed by atoms with Crippen LogP contribution in [0.25, 0.3) is 22.3 Å². The second-order valence-electron chi connectivity index (χ2n) is 12.0. The molecule has 4 heterocycles. The molecule has 1 fully saturated rings. The molecular weight excluding hydrogens is 556 g/mol. The van der Waals surface area contributed by atoms with Crippen molar-refractivity contribution in [3.05, 3.63) is 65.4 Å². The lowest BCUT2D eigenvalue weighted by atomic mass is 9.95. The van der Waals surface area contributed by atoms with Gasteiger partial charge in [0.05, 0.1) is 31.8 Å². The Morgan fingerprint density at radius 1 is 1.00 bits per heavy atom. The zero-order chi connectivity index (χ0) is 29.9. The van der Waals surface area contributed by atoms with Crippen molar-refractivity contribution in [3.63, 3.8) is 0 Å². The second kappa shape index (κ2) is 12.8. The molecule has 0 radical (unpaired) electrons. The number of halogens is 2. The summed E-state index contributed by atoms with van der Waals surface area (Å²) in [7, 11) is 1.43. The highest BCUT2D eigenvalue weighted by Crippen LogP contribution is 2.35. The van der Waals surface area contributed by atoms with Gasteiger partial charge < -0.3 is 24.1 Å². The summed E-state index contributed by atoms with van der Waals surface area (Å²) >= 11 is 0. The van der Waals surface area contributed by atoms with E-state index < -0.39 is 19.7 Å². The van der Waals surface area contributed by atoms with E-state index in [9.17, 15) is 0 Å². The molecule has 8 nitrogen and oxygen atoms in total. The van der Waals surface area contributed by atoms with Crippen molar-refractivity contribution in [1.29, 1.82) is 0 Å². The molecule has 11 heteroatoms. The highest BCUT2D eigenvalue weighted by atomic mass is 28.3. The zero-order valence-corrected chi connectivity index (χ0v) is 26.0. The molecule has 0 spiro atoms. The molecular formula is C31H39F2N5O3Si. The van der Waals surface area contributed by atoms with Crippen LogP contribution < -0.4 is 14.8 Å². The summed E-state index contributed by atoms with van der Waals surface area (Å²) in [4.78, 5) is 14.2. The number of rotatable bonds is 11. The van der Waals surface area contributed by atoms with Crippen LogP contribution in [0.15, 0.2) is 36.9 Å². The van der Waals surface area contributed by atoms with Crippen LogP contribution in [0.3, 0.4) is 0 Å². The molecule has 0 unspecified atom stereocenters. The zero-order valence-electron chi connectivity index (χ0n) is 25.0. The number of methoxy groups -OCH3 is 2. The number of hydrogen-bond acceptors (Lipinski definition) is 7. The van der Waals surface area contributed by atoms with Crippen LogP contribution in [0, 0.1) is 11.6 Å². The first-order valence-corrected chi connectivity index (χ1v) is 18.1. The monoisotopic (exact) mass is 595 g/mol. The van der Waals surface area contributed by atoms with Crippen LogP contribution in [0.5, 0.6) is 11.5 Å². The van der Waals surface area contributed by atoms with Gasteiger partial charge in [-0.3, -0.25) is 4.98 Å². The Morgan fingerprint density at radius 2 is 1.71 bits per heavy atom. The number of piperidine rings is 1. The molecule has 0 saturated carbocycles. The van der Waals surface area contributed by atoms with Crippen LogP contribution in [0.1, 0.15) is 35.6 Å². The average molecular weight is 596 g/mol. The van der Waals surface area contributed by atoms with E-state index in [1.54, 1.807) is 12.4 Å². The summed E-state index contributed by atoms with van der Waals surface area (Å²) < 4.78 is 49.0. The van der Waals surface area contributed by atoms with Crippen molar-refractivity contribution in [3.8, 4) is 22.8 Å². The molecule has 1 saturated heterocycles. The van der Waals surface area contributed by atoms with E-state index in [4.69, 9.17) is 24.2 Å². The largest absolute Gasteiger partial charge is 0.494 e. The summed E-state index contributed by atoms with van der Waals surface area (Å²) in [5.74, 6) is -1.31. The van der Waals surface area contributed by atoms with E-state index in [2.05, 4.69) is 29.9 Å². The fraction of sp³-hybridized carbons (Fsp3) is 0.452. The maximum Gasteiger partial charge on any atom is 0.171 e. The molecule has 1 aliphatic rings. The SMILES string of the molecule is COc1cc(OC)c(F)c(Cc2cn(COCC[Si](C)(C)C)c3ncc(-c4cncc(C5CCNCC5)n4)cc23)c1F. The Kier molecular flexibility index (Phi) is 9.19. The van der Waals surface area contributed by atoms with Gasteiger partial charge in [-0.1, -0.05) is 19.6 Å². The summed E-state index contributed by atoms with van der Waals surface area (Å²) in [5.41, 5.74) is 3.70. The van der Waals surface area contributed by atoms with Crippen molar-refractivity contribution in [2.75, 3.05) is 33.9 Å². The molecule has 5 rings (SSSR count). The lowest BCUT2D eigenvalue weighted by molar-refractivity contribution is 0.0898. The van der Waals surface area contributed by atoms with Gasteiger partial charge in [0.25, 0.3) is 0 Å². The molecule has 0 bridgehead atoms. The number of hydrogen-bond donors (Lipinski definition) is 1. The van der Waals surface area contributed by atoms with Gasteiger partial charge in [-0.25, -0.2) is 18.7 Å². The number of pyridine rings is 1. The number of fused-ring (bicyclic) bond motifs is 1. The Balaban J connectivity index is 1.54. The molecule has 1 aromatic carbocycles. The fourth-order valence-corrected chi connectivity index (χ4v) is 6.04. The van der Waals surface area contributed by atoms with Crippen LogP contribution in [-0.4, -0.2) is 61.5 Å². The predicted octanol–water partition coefficient (Wildman–Crippen LogP) is 6.16. The minimum atomic E-state index is -1.26. The smallest absolute Gasteiger partial charge is 0.171 e. The average Bonchev–Trinajstić information content (AvgIpc) is 3.34. The number of aromatic nitrogens is 4. The fourth-order valence-electron chi connectivity index (χ4n) is 5.28. The molecule has 0 atom stereocenters. The molecule has 42 heavy (non-hydrogen) atoms. The highest BCUT2D eigenvalue weighted by molar-refractivity contribution is 6.76. The molecule has 1 aliphatic heterocycles. The molecule has 3 aromatic heterocycles. The third-order valence-corrected chi connectivity index (χ3v) is 9.47. The van der Waals surface area contributed by atoms with Crippen molar-refractivity contribution >= 4 is 19.1 Å². The molecule has 0 aliphatic carbocycles. The summed E-state index contributed by atoms with van der Waals surface area (Å²) in [6.07, 6.45) is 9.20. The normalized spacial score (nSPS) is 14.5. The van der Waals surface area contributed by atoms with E-state index in [-0.39, 0.29) is 30.2 Å². The standard InChI is InChI=1S/C31H39F2N5O3Si/c1-39-27-14-28(40-2)30(33)24(29(27)32)13-22-18-38(19-41-10-11-42(3,4)5)31-23(22)12-21(15-36-31)26-17-35-16-25(37-26)20-6-8-34-9-7-20/h12,14-18,20,34H,6-11,13,19H2,1-5H3. The van der Waals surface area contributed by atoms with Crippen LogP contribution in [0.4, 0.5) is 8.78 Å². The first-order chi connectivity index (χ1) is 20.2. The van der Waals surface area contributed by atoms with Gasteiger partial charge in [0, 0.05) is 68.2 Å². The lowest BCUT2D eigenvalue weighted by Gasteiger charge is -2.22. The van der Waals surface area contributed by atoms with Gasteiger partial charge in [-0.15, -0.1) is 0 Å². The number of benzene rings is 1. The Morgan fingerprint density at radius 3 is 2.38 bits per heavy atom. The van der Waals surface area contributed by atoms with Crippen LogP contribution >= 0.6 is 0 Å². The van der Waals surface area contributed by atoms with Crippen molar-refractivity contribution in [2.45, 2.75) is 57.6 Å². The molecule has 224 valence electrons. The topological polar surface area (TPSA) is 83.3 Å². The maximum absolute atomic E-state index is 15.4. The Hall–Kier alpha value is -3.41. The van der Waals surface area contributed by atoms with Crippen molar-refractivity contribution in [2.24, 2.45) is 0 Å². The van der Waals surface area contributed by atoms with E-state index in [0.29, 0.717) is 29.4 Å². The quantitative estimate of drug-likeness (QED) is 0.164. The maximum atomic E-state index is 15.4. The lowest BCUT2D eigenvalue weighted by Crippen LogP contribution is -2.27. The first kappa shape index (κ1) is 30.1. The Labute approximate surface area is 246 Å². The van der Waals surface area contributed by atoms with Crippen LogP contribution in [0.2, 0.25) is 25.7 Å². The first-order valence-electron chi connectivity index (χ1n) is 14.4. The van der Waals surface area contributed by atoms with Gasteiger partial charge in [-0.05, 0) is 43.6 Å². The van der Waals surface area contributed by atoms with Crippen LogP contribution in [-0.2, 0) is 17.9 Å². The highest BCUT2D eigenvalue weighted by Gasteiger charge is 2.23. The molecule has 0 amide bonds. The summed E-state index contributed by atoms with van der Waals surface area (Å²) in [6.45, 7) is 9.75. The molecule has 1 N–H and O–H groups in total. The van der Waals surface area contributed by atoms with Gasteiger partial charge in [-0.2, -0.15) is 0 Å². The third-order valence-electron chi connectivity index (χ3n) is 7.76. The van der Waals surface area contributed by atoms with E-state index in [0.717, 1.165) is 48.6 Å². The van der Waals surface area contributed by atoms with Gasteiger partial charge in [0.2, 0.25) is 0 Å². The second-order valence-corrected chi connectivity index (χ2v) is 17.6. The van der Waals surface area contributed by atoms with E-state index in [1.807, 2.05) is 23.0 Å². The van der Waals surface area contributed by atoms with Crippen molar-refractivity contribution < 1.29 is 23.0 Å².